The molecule has 307 valence electrons. The first-order valence-corrected chi connectivity index (χ1v) is 10.6. The Morgan fingerprint density at radius 1 is 0.264 bits per heavy atom. The number of carbonyl (C=O) groups excluding carboxylic acids is 4. The molecule has 0 aromatic carbocycles. The van der Waals surface area contributed by atoms with Crippen LogP contribution in [0.25, 0.3) is 0 Å². The van der Waals surface area contributed by atoms with E-state index in [1.807, 2.05) is 0 Å². The van der Waals surface area contributed by atoms with Crippen LogP contribution in [0, 0.1) is 40.4 Å². The van der Waals surface area contributed by atoms with Gasteiger partial charge in [-0.15, -0.1) is 0 Å². The van der Waals surface area contributed by atoms with Crippen LogP contribution in [-0.4, -0.2) is 112 Å². The van der Waals surface area contributed by atoms with Crippen molar-refractivity contribution in [2.45, 2.75) is 49.4 Å². The number of rotatable bonds is 4. The number of aliphatic hydroxyl groups is 4. The molecule has 0 saturated carbocycles. The summed E-state index contributed by atoms with van der Waals surface area (Å²) in [4.78, 5) is 31.9. The van der Waals surface area contributed by atoms with Crippen LogP contribution in [0.2, 0.25) is 0 Å². The molecule has 0 fully saturated rings. The van der Waals surface area contributed by atoms with Crippen molar-refractivity contribution in [3.05, 3.63) is 47.3 Å². The maximum atomic E-state index is 11.4. The Bertz CT molecular complexity index is 1150. The number of allylic oxidation sites excluding steroid dienone is 8. The Morgan fingerprint density at radius 3 is 0.415 bits per heavy atom. The maximum Gasteiger partial charge on any atom is 3.00 e. The third-order valence-corrected chi connectivity index (χ3v) is 3.42. The fourth-order valence-electron chi connectivity index (χ4n) is 1.17. The van der Waals surface area contributed by atoms with Crippen LogP contribution in [-0.2, 0) is 0 Å². The molecule has 0 spiro atoms. The van der Waals surface area contributed by atoms with Crippen molar-refractivity contribution in [2.75, 3.05) is 0 Å². The summed E-state index contributed by atoms with van der Waals surface area (Å²) >= 11 is 0. The van der Waals surface area contributed by atoms with Crippen molar-refractivity contribution >= 4 is 23.1 Å². The zero-order chi connectivity index (χ0) is 43.4. The van der Waals surface area contributed by atoms with E-state index in [0.29, 0.717) is 0 Å². The summed E-state index contributed by atoms with van der Waals surface area (Å²) in [7, 11) is 0. The van der Waals surface area contributed by atoms with Crippen LogP contribution in [0.1, 0.15) is 0 Å². The van der Waals surface area contributed by atoms with E-state index in [1.165, 1.54) is 0 Å². The molecule has 53 heavy (non-hydrogen) atoms. The zero-order valence-corrected chi connectivity index (χ0v) is 26.0. The minimum absolute atomic E-state index is 0. The Hall–Kier alpha value is -3.50. The number of ketones is 4. The molecule has 0 atom stereocenters. The first-order valence-electron chi connectivity index (χ1n) is 10.6. The third-order valence-electron chi connectivity index (χ3n) is 3.42. The molecule has 0 unspecified atom stereocenters. The molecule has 0 aromatic rings. The van der Waals surface area contributed by atoms with E-state index in [1.54, 1.807) is 0 Å². The number of aliphatic hydroxyl groups excluding tert-OH is 4. The van der Waals surface area contributed by atoms with Crippen LogP contribution >= 0.6 is 0 Å². The van der Waals surface area contributed by atoms with Gasteiger partial charge in [-0.05, 0) is 0 Å². The summed E-state index contributed by atoms with van der Waals surface area (Å²) in [5, 5.41) is 31.9. The monoisotopic (exact) mass is 988 g/mol. The summed E-state index contributed by atoms with van der Waals surface area (Å²) in [6, 6.07) is 0. The predicted octanol–water partition coefficient (Wildman–Crippen LogP) is 8.39. The quantitative estimate of drug-likeness (QED) is 0.0963. The summed E-state index contributed by atoms with van der Waals surface area (Å²) < 4.78 is 273. The Labute approximate surface area is 304 Å². The summed E-state index contributed by atoms with van der Waals surface area (Å²) in [6.07, 6.45) is -45.7. The molecule has 33 heteroatoms. The molecule has 0 bridgehead atoms. The van der Waals surface area contributed by atoms with Gasteiger partial charge in [0.2, 0.25) is 23.0 Å². The van der Waals surface area contributed by atoms with Crippen LogP contribution in [0.15, 0.2) is 47.3 Å². The van der Waals surface area contributed by atoms with Gasteiger partial charge in [0, 0.05) is 0 Å². The van der Waals surface area contributed by atoms with Gasteiger partial charge in [-0.3, -0.25) is 19.2 Å². The van der Waals surface area contributed by atoms with E-state index in [2.05, 4.69) is 0 Å². The number of hydrogen-bond acceptors (Lipinski definition) is 4. The molecule has 0 aromatic heterocycles. The Morgan fingerprint density at radius 2 is 0.358 bits per heavy atom. The van der Waals surface area contributed by atoms with Gasteiger partial charge in [0.1, 0.15) is 0 Å². The van der Waals surface area contributed by atoms with E-state index in [0.717, 1.165) is 0 Å². The van der Waals surface area contributed by atoms with E-state index in [9.17, 15) is 105 Å². The molecule has 0 heterocycles. The number of hydrogen-bond donors (Lipinski definition) is 4. The third kappa shape index (κ3) is 28.6. The molecular weight excluding hydrogens is 975 g/mol. The molecule has 8 N–H and O–H groups in total. The topological polar surface area (TPSA) is 167 Å². The number of alkyl halides is 24. The van der Waals surface area contributed by atoms with Crippen molar-refractivity contribution in [3.8, 4) is 0 Å². The molecule has 0 saturated heterocycles. The van der Waals surface area contributed by atoms with E-state index in [-0.39, 0.29) is 40.4 Å². The molecule has 8 nitrogen and oxygen atoms in total. The van der Waals surface area contributed by atoms with Crippen molar-refractivity contribution in [3.63, 3.8) is 0 Å². The summed E-state index contributed by atoms with van der Waals surface area (Å²) in [5.74, 6) is -20.1. The van der Waals surface area contributed by atoms with Gasteiger partial charge in [0.15, 0.2) is 0 Å². The van der Waals surface area contributed by atoms with Gasteiger partial charge in [-0.1, -0.05) is 0 Å². The van der Waals surface area contributed by atoms with Crippen molar-refractivity contribution in [1.82, 2.24) is 0 Å². The molecule has 0 rings (SSSR count). The van der Waals surface area contributed by atoms with E-state index < -0.39 is 120 Å². The Balaban J connectivity index is -0.000000192. The van der Waals surface area contributed by atoms with Gasteiger partial charge in [0.05, 0.1) is 24.3 Å². The van der Waals surface area contributed by atoms with Gasteiger partial charge >= 0.3 is 113 Å². The summed E-state index contributed by atoms with van der Waals surface area (Å²) in [5.41, 5.74) is 0. The smallest absolute Gasteiger partial charge is 0.504 e. The van der Waals surface area contributed by atoms with Gasteiger partial charge in [-0.25, -0.2) is 0 Å². The van der Waals surface area contributed by atoms with Gasteiger partial charge in [0.25, 0.3) is 0 Å². The maximum absolute atomic E-state index is 11.4. The molecule has 1 radical (unpaired) electrons. The fraction of sp³-hybridized carbons (Fsp3) is 0.400. The average Bonchev–Trinajstić information content (AvgIpc) is 2.85. The first-order chi connectivity index (χ1) is 22.2. The molecule has 0 amide bonds. The van der Waals surface area contributed by atoms with Crippen molar-refractivity contribution in [1.29, 1.82) is 0 Å². The fourth-order valence-corrected chi connectivity index (χ4v) is 1.17. The standard InChI is InChI=1S/4C5H2F6O2.Sm/c4*6-4(7,8)2(12)1-3(13)5(9,10)11;/h4*1,12H;/q;;;;+3/p+4/b4*2-1-;. The number of halogens is 24. The van der Waals surface area contributed by atoms with E-state index >= 15 is 0 Å². The second-order valence-electron chi connectivity index (χ2n) is 7.64. The average molecular weight is 987 g/mol. The van der Waals surface area contributed by atoms with Crippen LogP contribution < -0.4 is 0 Å². The minimum Gasteiger partial charge on any atom is -0.504 e. The first kappa shape index (κ1) is 58.8. The molecule has 0 aliphatic carbocycles. The van der Waals surface area contributed by atoms with Crippen LogP contribution in [0.4, 0.5) is 105 Å². The zero-order valence-electron chi connectivity index (χ0n) is 23.4. The largest absolute Gasteiger partial charge is 3.00 e. The van der Waals surface area contributed by atoms with Crippen LogP contribution in [0.5, 0.6) is 0 Å². The second kappa shape index (κ2) is 20.8. The molecular formula is C20H12F24O8Sm+7. The minimum atomic E-state index is -5.31. The van der Waals surface area contributed by atoms with Gasteiger partial charge < -0.3 is 20.4 Å². The van der Waals surface area contributed by atoms with E-state index in [4.69, 9.17) is 39.6 Å². The second-order valence-corrected chi connectivity index (χ2v) is 7.64. The normalized spacial score (nSPS) is 14.2. The van der Waals surface area contributed by atoms with Crippen LogP contribution in [0.3, 0.4) is 0 Å². The van der Waals surface area contributed by atoms with Gasteiger partial charge in [-0.2, -0.15) is 105 Å². The summed E-state index contributed by atoms with van der Waals surface area (Å²) in [6.45, 7) is 0. The van der Waals surface area contributed by atoms with Crippen molar-refractivity contribution < 1.29 is 185 Å². The Kier molecular flexibility index (Phi) is 23.1. The molecule has 0 aliphatic heterocycles. The predicted molar refractivity (Wildman–Crippen MR) is 119 cm³/mol. The van der Waals surface area contributed by atoms with Crippen molar-refractivity contribution in [2.24, 2.45) is 0 Å². The SMILES string of the molecule is O/C(=C\C(=[OH+])C(F)(F)F)C(F)(F)F.O/C(=C\C(=[OH+])C(F)(F)F)C(F)(F)F.O/C(=C\C(=[OH+])C(F)(F)F)C(F)(F)F.O/C(=C\C(=[OH+])C(F)(F)F)C(F)(F)F.[Sm+3]. The molecule has 0 aliphatic rings.